The van der Waals surface area contributed by atoms with E-state index in [0.717, 1.165) is 5.56 Å². The molecule has 0 unspecified atom stereocenters. The van der Waals surface area contributed by atoms with Crippen molar-refractivity contribution in [2.75, 3.05) is 13.1 Å². The second-order valence-corrected chi connectivity index (χ2v) is 5.04. The molecule has 1 aromatic carbocycles. The highest BCUT2D eigenvalue weighted by atomic mass is 19.1. The number of benzene rings is 1. The van der Waals surface area contributed by atoms with Crippen molar-refractivity contribution in [2.45, 2.75) is 13.5 Å². The molecule has 0 aliphatic carbocycles. The van der Waals surface area contributed by atoms with E-state index >= 15 is 0 Å². The fraction of sp³-hybridized carbons (Fsp3) is 0.235. The molecule has 1 heterocycles. The molecule has 23 heavy (non-hydrogen) atoms. The third-order valence-corrected chi connectivity index (χ3v) is 3.33. The molecule has 0 aliphatic heterocycles. The van der Waals surface area contributed by atoms with Crippen LogP contribution in [0.25, 0.3) is 0 Å². The molecule has 2 amide bonds. The zero-order chi connectivity index (χ0) is 16.7. The minimum absolute atomic E-state index is 0.00543. The van der Waals surface area contributed by atoms with E-state index in [-0.39, 0.29) is 18.0 Å². The fourth-order valence-electron chi connectivity index (χ4n) is 2.10. The summed E-state index contributed by atoms with van der Waals surface area (Å²) in [5, 5.41) is 2.62. The maximum Gasteiger partial charge on any atom is 0.254 e. The van der Waals surface area contributed by atoms with Gasteiger partial charge < -0.3 is 10.2 Å². The van der Waals surface area contributed by atoms with Crippen LogP contribution in [0.2, 0.25) is 0 Å². The van der Waals surface area contributed by atoms with Crippen LogP contribution < -0.4 is 5.32 Å². The van der Waals surface area contributed by atoms with E-state index in [1.165, 1.54) is 25.1 Å². The molecule has 0 aliphatic rings. The Balaban J connectivity index is 1.88. The van der Waals surface area contributed by atoms with Crippen molar-refractivity contribution in [1.29, 1.82) is 0 Å². The van der Waals surface area contributed by atoms with E-state index in [9.17, 15) is 14.0 Å². The summed E-state index contributed by atoms with van der Waals surface area (Å²) >= 11 is 0. The predicted octanol–water partition coefficient (Wildman–Crippen LogP) is 2.00. The molecule has 120 valence electrons. The number of halogens is 1. The Morgan fingerprint density at radius 2 is 2.00 bits per heavy atom. The molecule has 6 heteroatoms. The van der Waals surface area contributed by atoms with Gasteiger partial charge in [-0.15, -0.1) is 0 Å². The summed E-state index contributed by atoms with van der Waals surface area (Å²) in [6.45, 7) is 2.46. The molecule has 2 rings (SSSR count). The summed E-state index contributed by atoms with van der Waals surface area (Å²) in [7, 11) is 0. The van der Waals surface area contributed by atoms with E-state index in [4.69, 9.17) is 0 Å². The predicted molar refractivity (Wildman–Crippen MR) is 84.1 cm³/mol. The first-order valence-electron chi connectivity index (χ1n) is 7.25. The summed E-state index contributed by atoms with van der Waals surface area (Å²) < 4.78 is 13.5. The standard InChI is InChI=1S/C17H18FN3O2/c1-13(22)21(12-14-5-4-8-19-11-14)10-9-20-17(23)15-6-2-3-7-16(15)18/h2-8,11H,9-10,12H2,1H3,(H,20,23). The Morgan fingerprint density at radius 3 is 2.65 bits per heavy atom. The molecular weight excluding hydrogens is 297 g/mol. The molecule has 1 N–H and O–H groups in total. The molecule has 0 saturated heterocycles. The molecular formula is C17H18FN3O2. The van der Waals surface area contributed by atoms with Gasteiger partial charge in [-0.1, -0.05) is 18.2 Å². The quantitative estimate of drug-likeness (QED) is 0.887. The van der Waals surface area contributed by atoms with Crippen molar-refractivity contribution >= 4 is 11.8 Å². The van der Waals surface area contributed by atoms with Crippen LogP contribution in [0.4, 0.5) is 4.39 Å². The van der Waals surface area contributed by atoms with Crippen LogP contribution in [0.3, 0.4) is 0 Å². The third kappa shape index (κ3) is 4.88. The number of hydrogen-bond donors (Lipinski definition) is 1. The number of carbonyl (C=O) groups is 2. The largest absolute Gasteiger partial charge is 0.350 e. The second-order valence-electron chi connectivity index (χ2n) is 5.04. The minimum atomic E-state index is -0.566. The Morgan fingerprint density at radius 1 is 1.22 bits per heavy atom. The Bertz CT molecular complexity index is 677. The van der Waals surface area contributed by atoms with Gasteiger partial charge in [0.1, 0.15) is 5.82 Å². The lowest BCUT2D eigenvalue weighted by Crippen LogP contribution is -2.37. The maximum absolute atomic E-state index is 13.5. The van der Waals surface area contributed by atoms with Gasteiger partial charge in [-0.2, -0.15) is 0 Å². The van der Waals surface area contributed by atoms with Crippen molar-refractivity contribution in [3.05, 3.63) is 65.7 Å². The van der Waals surface area contributed by atoms with Gasteiger partial charge in [-0.3, -0.25) is 14.6 Å². The average Bonchev–Trinajstić information content (AvgIpc) is 2.55. The van der Waals surface area contributed by atoms with Crippen LogP contribution in [0.1, 0.15) is 22.8 Å². The molecule has 0 fully saturated rings. The Labute approximate surface area is 134 Å². The van der Waals surface area contributed by atoms with E-state index in [1.807, 2.05) is 6.07 Å². The van der Waals surface area contributed by atoms with Gasteiger partial charge >= 0.3 is 0 Å². The lowest BCUT2D eigenvalue weighted by atomic mass is 10.2. The topological polar surface area (TPSA) is 62.3 Å². The first-order valence-corrected chi connectivity index (χ1v) is 7.25. The smallest absolute Gasteiger partial charge is 0.254 e. The van der Waals surface area contributed by atoms with Crippen LogP contribution in [0, 0.1) is 5.82 Å². The van der Waals surface area contributed by atoms with Crippen molar-refractivity contribution in [1.82, 2.24) is 15.2 Å². The average molecular weight is 315 g/mol. The first-order chi connectivity index (χ1) is 11.1. The monoisotopic (exact) mass is 315 g/mol. The van der Waals surface area contributed by atoms with Crippen LogP contribution in [-0.2, 0) is 11.3 Å². The zero-order valence-corrected chi connectivity index (χ0v) is 12.8. The zero-order valence-electron chi connectivity index (χ0n) is 12.8. The highest BCUT2D eigenvalue weighted by molar-refractivity contribution is 5.94. The van der Waals surface area contributed by atoms with Crippen molar-refractivity contribution in [3.63, 3.8) is 0 Å². The maximum atomic E-state index is 13.5. The van der Waals surface area contributed by atoms with Gasteiger partial charge in [0, 0.05) is 39.0 Å². The molecule has 0 saturated carbocycles. The van der Waals surface area contributed by atoms with Crippen LogP contribution in [0.5, 0.6) is 0 Å². The summed E-state index contributed by atoms with van der Waals surface area (Å²) in [5.74, 6) is -1.16. The van der Waals surface area contributed by atoms with Crippen molar-refractivity contribution in [2.24, 2.45) is 0 Å². The number of aromatic nitrogens is 1. The van der Waals surface area contributed by atoms with E-state index in [2.05, 4.69) is 10.3 Å². The van der Waals surface area contributed by atoms with Gasteiger partial charge in [0.05, 0.1) is 5.56 Å². The number of pyridine rings is 1. The van der Waals surface area contributed by atoms with Crippen LogP contribution in [0.15, 0.2) is 48.8 Å². The fourth-order valence-corrected chi connectivity index (χ4v) is 2.10. The van der Waals surface area contributed by atoms with E-state index in [1.54, 1.807) is 29.4 Å². The summed E-state index contributed by atoms with van der Waals surface area (Å²) in [5.41, 5.74) is 0.900. The van der Waals surface area contributed by atoms with Gasteiger partial charge in [0.15, 0.2) is 0 Å². The first kappa shape index (κ1) is 16.6. The highest BCUT2D eigenvalue weighted by Gasteiger charge is 2.12. The lowest BCUT2D eigenvalue weighted by Gasteiger charge is -2.21. The molecule has 0 bridgehead atoms. The third-order valence-electron chi connectivity index (χ3n) is 3.33. The minimum Gasteiger partial charge on any atom is -0.350 e. The molecule has 0 atom stereocenters. The number of nitrogens with one attached hydrogen (secondary N) is 1. The van der Waals surface area contributed by atoms with Gasteiger partial charge in [0.25, 0.3) is 5.91 Å². The molecule has 2 aromatic rings. The normalized spacial score (nSPS) is 10.2. The van der Waals surface area contributed by atoms with Crippen LogP contribution >= 0.6 is 0 Å². The van der Waals surface area contributed by atoms with Crippen molar-refractivity contribution < 1.29 is 14.0 Å². The number of amides is 2. The SMILES string of the molecule is CC(=O)N(CCNC(=O)c1ccccc1F)Cc1cccnc1. The molecule has 1 aromatic heterocycles. The van der Waals surface area contributed by atoms with Gasteiger partial charge in [-0.25, -0.2) is 4.39 Å². The molecule has 0 radical (unpaired) electrons. The molecule has 5 nitrogen and oxygen atoms in total. The summed E-state index contributed by atoms with van der Waals surface area (Å²) in [4.78, 5) is 29.2. The lowest BCUT2D eigenvalue weighted by molar-refractivity contribution is -0.129. The summed E-state index contributed by atoms with van der Waals surface area (Å²) in [6.07, 6.45) is 3.35. The molecule has 0 spiro atoms. The van der Waals surface area contributed by atoms with E-state index in [0.29, 0.717) is 13.1 Å². The van der Waals surface area contributed by atoms with Crippen molar-refractivity contribution in [3.8, 4) is 0 Å². The number of nitrogens with zero attached hydrogens (tertiary/aromatic N) is 2. The summed E-state index contributed by atoms with van der Waals surface area (Å²) in [6, 6.07) is 9.45. The number of carbonyl (C=O) groups excluding carboxylic acids is 2. The number of rotatable bonds is 6. The number of hydrogen-bond acceptors (Lipinski definition) is 3. The second kappa shape index (κ2) is 8.03. The van der Waals surface area contributed by atoms with Crippen LogP contribution in [-0.4, -0.2) is 34.8 Å². The highest BCUT2D eigenvalue weighted by Crippen LogP contribution is 2.06. The van der Waals surface area contributed by atoms with Gasteiger partial charge in [-0.05, 0) is 23.8 Å². The Kier molecular flexibility index (Phi) is 5.80. The van der Waals surface area contributed by atoms with E-state index < -0.39 is 11.7 Å². The Hall–Kier alpha value is -2.76. The van der Waals surface area contributed by atoms with Gasteiger partial charge in [0.2, 0.25) is 5.91 Å².